The average molecular weight is 350 g/mol. The summed E-state index contributed by atoms with van der Waals surface area (Å²) in [6.45, 7) is 0. The third kappa shape index (κ3) is 1.86. The van der Waals surface area contributed by atoms with E-state index < -0.39 is 0 Å². The highest BCUT2D eigenvalue weighted by Crippen LogP contribution is 2.27. The van der Waals surface area contributed by atoms with Gasteiger partial charge in [-0.25, -0.2) is 4.98 Å². The van der Waals surface area contributed by atoms with E-state index >= 15 is 0 Å². The van der Waals surface area contributed by atoms with Crippen LogP contribution in [0.2, 0.25) is 0 Å². The standard InChI is InChI=1S/C14H11IN2O/c1-18-14-8-11(10-5-3-2-4-6-10)7-13-16-9-12(15)17(13)14/h2-9H,1H3. The first-order valence-electron chi connectivity index (χ1n) is 5.56. The van der Waals surface area contributed by atoms with Crippen molar-refractivity contribution >= 4 is 28.2 Å². The van der Waals surface area contributed by atoms with Gasteiger partial charge in [0.2, 0.25) is 0 Å². The maximum absolute atomic E-state index is 5.45. The highest BCUT2D eigenvalue weighted by Gasteiger charge is 2.09. The lowest BCUT2D eigenvalue weighted by atomic mass is 10.1. The monoisotopic (exact) mass is 350 g/mol. The first-order chi connectivity index (χ1) is 8.79. The normalized spacial score (nSPS) is 10.8. The number of fused-ring (bicyclic) bond motifs is 1. The van der Waals surface area contributed by atoms with Crippen molar-refractivity contribution in [3.05, 3.63) is 52.4 Å². The van der Waals surface area contributed by atoms with E-state index in [-0.39, 0.29) is 0 Å². The Morgan fingerprint density at radius 1 is 1.11 bits per heavy atom. The maximum atomic E-state index is 5.45. The lowest BCUT2D eigenvalue weighted by molar-refractivity contribution is 0.391. The minimum Gasteiger partial charge on any atom is -0.482 e. The molecule has 0 fully saturated rings. The summed E-state index contributed by atoms with van der Waals surface area (Å²) in [6.07, 6.45) is 1.84. The van der Waals surface area contributed by atoms with Gasteiger partial charge < -0.3 is 4.74 Å². The molecule has 2 heterocycles. The molecule has 0 aliphatic rings. The van der Waals surface area contributed by atoms with E-state index in [1.165, 1.54) is 0 Å². The summed E-state index contributed by atoms with van der Waals surface area (Å²) in [6, 6.07) is 14.3. The fourth-order valence-electron chi connectivity index (χ4n) is 1.99. The quantitative estimate of drug-likeness (QED) is 0.660. The van der Waals surface area contributed by atoms with Crippen molar-refractivity contribution in [2.24, 2.45) is 0 Å². The molecule has 0 amide bonds. The van der Waals surface area contributed by atoms with Crippen LogP contribution in [0.4, 0.5) is 0 Å². The van der Waals surface area contributed by atoms with Gasteiger partial charge in [0.05, 0.1) is 13.3 Å². The predicted molar refractivity (Wildman–Crippen MR) is 79.9 cm³/mol. The Morgan fingerprint density at radius 3 is 2.61 bits per heavy atom. The Hall–Kier alpha value is -1.56. The van der Waals surface area contributed by atoms with E-state index in [2.05, 4.69) is 45.8 Å². The molecule has 3 rings (SSSR count). The van der Waals surface area contributed by atoms with Gasteiger partial charge in [0.25, 0.3) is 0 Å². The molecule has 0 atom stereocenters. The molecule has 0 aliphatic heterocycles. The van der Waals surface area contributed by atoms with E-state index in [4.69, 9.17) is 4.74 Å². The van der Waals surface area contributed by atoms with Crippen LogP contribution < -0.4 is 4.74 Å². The minimum absolute atomic E-state index is 0.799. The lowest BCUT2D eigenvalue weighted by Crippen LogP contribution is -1.96. The number of aromatic nitrogens is 2. The minimum atomic E-state index is 0.799. The number of ether oxygens (including phenoxy) is 1. The van der Waals surface area contributed by atoms with Gasteiger partial charge in [0, 0.05) is 6.07 Å². The summed E-state index contributed by atoms with van der Waals surface area (Å²) in [4.78, 5) is 4.39. The van der Waals surface area contributed by atoms with Crippen molar-refractivity contribution in [1.29, 1.82) is 0 Å². The number of rotatable bonds is 2. The summed E-state index contributed by atoms with van der Waals surface area (Å²) in [5, 5.41) is 0. The smallest absolute Gasteiger partial charge is 0.200 e. The Kier molecular flexibility index (Phi) is 2.95. The highest BCUT2D eigenvalue weighted by molar-refractivity contribution is 14.1. The Labute approximate surface area is 119 Å². The molecule has 3 nitrogen and oxygen atoms in total. The van der Waals surface area contributed by atoms with E-state index in [1.54, 1.807) is 7.11 Å². The molecular weight excluding hydrogens is 339 g/mol. The zero-order valence-electron chi connectivity index (χ0n) is 9.80. The van der Waals surface area contributed by atoms with Crippen molar-refractivity contribution in [3.63, 3.8) is 0 Å². The van der Waals surface area contributed by atoms with Crippen molar-refractivity contribution in [1.82, 2.24) is 9.38 Å². The molecule has 0 saturated carbocycles. The Bertz CT molecular complexity index is 692. The van der Waals surface area contributed by atoms with Gasteiger partial charge in [-0.1, -0.05) is 30.3 Å². The first kappa shape index (κ1) is 11.5. The molecule has 0 radical (unpaired) electrons. The van der Waals surface area contributed by atoms with Gasteiger partial charge in [0.15, 0.2) is 5.88 Å². The van der Waals surface area contributed by atoms with Crippen LogP contribution in [0.25, 0.3) is 16.8 Å². The molecule has 0 saturated heterocycles. The number of imidazole rings is 1. The number of benzene rings is 1. The molecule has 0 aliphatic carbocycles. The second kappa shape index (κ2) is 4.61. The van der Waals surface area contributed by atoms with Crippen LogP contribution in [0, 0.1) is 3.70 Å². The van der Waals surface area contributed by atoms with E-state index in [1.807, 2.05) is 34.9 Å². The van der Waals surface area contributed by atoms with E-state index in [0.717, 1.165) is 26.4 Å². The molecule has 18 heavy (non-hydrogen) atoms. The van der Waals surface area contributed by atoms with Crippen LogP contribution in [0.5, 0.6) is 5.88 Å². The van der Waals surface area contributed by atoms with E-state index in [9.17, 15) is 0 Å². The molecule has 90 valence electrons. The molecule has 4 heteroatoms. The molecule has 1 aromatic carbocycles. The van der Waals surface area contributed by atoms with Crippen LogP contribution in [-0.4, -0.2) is 16.5 Å². The second-order valence-electron chi connectivity index (χ2n) is 3.93. The number of pyridine rings is 1. The maximum Gasteiger partial charge on any atom is 0.200 e. The lowest BCUT2D eigenvalue weighted by Gasteiger charge is -2.08. The number of hydrogen-bond acceptors (Lipinski definition) is 2. The first-order valence-corrected chi connectivity index (χ1v) is 6.64. The topological polar surface area (TPSA) is 26.5 Å². The largest absolute Gasteiger partial charge is 0.482 e. The summed E-state index contributed by atoms with van der Waals surface area (Å²) in [7, 11) is 1.68. The van der Waals surface area contributed by atoms with Crippen LogP contribution in [0.15, 0.2) is 48.7 Å². The molecular formula is C14H11IN2O. The van der Waals surface area contributed by atoms with Gasteiger partial charge in [0.1, 0.15) is 9.35 Å². The number of halogens is 1. The van der Waals surface area contributed by atoms with Crippen LogP contribution in [0.3, 0.4) is 0 Å². The molecule has 0 bridgehead atoms. The van der Waals surface area contributed by atoms with Gasteiger partial charge in [-0.05, 0) is 39.8 Å². The summed E-state index contributed by atoms with van der Waals surface area (Å²) < 4.78 is 8.48. The second-order valence-corrected chi connectivity index (χ2v) is 5.03. The van der Waals surface area contributed by atoms with Crippen molar-refractivity contribution in [2.75, 3.05) is 7.11 Å². The Morgan fingerprint density at radius 2 is 1.89 bits per heavy atom. The van der Waals surface area contributed by atoms with Crippen LogP contribution in [0.1, 0.15) is 0 Å². The number of nitrogens with zero attached hydrogens (tertiary/aromatic N) is 2. The zero-order valence-corrected chi connectivity index (χ0v) is 12.0. The third-order valence-electron chi connectivity index (χ3n) is 2.85. The highest BCUT2D eigenvalue weighted by atomic mass is 127. The van der Waals surface area contributed by atoms with Crippen LogP contribution in [-0.2, 0) is 0 Å². The summed E-state index contributed by atoms with van der Waals surface area (Å²) in [5.74, 6) is 0.799. The molecule has 3 aromatic rings. The van der Waals surface area contributed by atoms with Crippen LogP contribution >= 0.6 is 22.6 Å². The van der Waals surface area contributed by atoms with Gasteiger partial charge >= 0.3 is 0 Å². The summed E-state index contributed by atoms with van der Waals surface area (Å²) in [5.41, 5.74) is 3.18. The Balaban J connectivity index is 2.27. The number of hydrogen-bond donors (Lipinski definition) is 0. The van der Waals surface area contributed by atoms with Gasteiger partial charge in [-0.2, -0.15) is 0 Å². The fraction of sp³-hybridized carbons (Fsp3) is 0.0714. The van der Waals surface area contributed by atoms with Crippen molar-refractivity contribution in [3.8, 4) is 17.0 Å². The fourth-order valence-corrected chi connectivity index (χ4v) is 2.61. The SMILES string of the molecule is COc1cc(-c2ccccc2)cc2ncc(I)n12. The third-order valence-corrected chi connectivity index (χ3v) is 3.61. The zero-order chi connectivity index (χ0) is 12.5. The van der Waals surface area contributed by atoms with Crippen molar-refractivity contribution in [2.45, 2.75) is 0 Å². The summed E-state index contributed by atoms with van der Waals surface area (Å²) >= 11 is 2.25. The van der Waals surface area contributed by atoms with Gasteiger partial charge in [-0.15, -0.1) is 0 Å². The molecule has 2 aromatic heterocycles. The average Bonchev–Trinajstić information content (AvgIpc) is 2.81. The van der Waals surface area contributed by atoms with Crippen molar-refractivity contribution < 1.29 is 4.74 Å². The molecule has 0 N–H and O–H groups in total. The van der Waals surface area contributed by atoms with Gasteiger partial charge in [-0.3, -0.25) is 4.40 Å². The predicted octanol–water partition coefficient (Wildman–Crippen LogP) is 3.61. The van der Waals surface area contributed by atoms with E-state index in [0.29, 0.717) is 0 Å². The number of methoxy groups -OCH3 is 1. The molecule has 0 spiro atoms. The molecule has 0 unspecified atom stereocenters.